The Kier molecular flexibility index (Phi) is 4.28. The Morgan fingerprint density at radius 3 is 2.97 bits per heavy atom. The van der Waals surface area contributed by atoms with Gasteiger partial charge in [0.1, 0.15) is 5.82 Å². The van der Waals surface area contributed by atoms with Crippen molar-refractivity contribution in [2.45, 2.75) is 44.6 Å². The van der Waals surface area contributed by atoms with Crippen molar-refractivity contribution in [3.63, 3.8) is 0 Å². The van der Waals surface area contributed by atoms with E-state index in [-0.39, 0.29) is 11.5 Å². The number of piperidine rings is 1. The van der Waals surface area contributed by atoms with Crippen LogP contribution in [0.1, 0.15) is 37.8 Å². The highest BCUT2D eigenvalue weighted by Gasteiger charge is 2.61. The SMILES string of the molecule is O=C(O)N[C@H]1[C@H]2C[C@H]2CC12CCN(c1cnc3c(N4CCCc5ncccc54)n[nH]c3n1)CC2. The van der Waals surface area contributed by atoms with Crippen molar-refractivity contribution in [2.75, 3.05) is 29.4 Å². The maximum absolute atomic E-state index is 11.4. The van der Waals surface area contributed by atoms with Gasteiger partial charge < -0.3 is 20.2 Å². The molecule has 1 amide bonds. The smallest absolute Gasteiger partial charge is 0.404 e. The minimum Gasteiger partial charge on any atom is -0.465 e. The molecule has 34 heavy (non-hydrogen) atoms. The highest BCUT2D eigenvalue weighted by molar-refractivity contribution is 5.87. The molecule has 3 N–H and O–H groups in total. The van der Waals surface area contributed by atoms with E-state index in [1.807, 2.05) is 18.5 Å². The van der Waals surface area contributed by atoms with E-state index in [1.54, 1.807) is 0 Å². The molecular formula is C24H28N8O2. The Bertz CT molecular complexity index is 1270. The number of H-pyrrole nitrogens is 1. The topological polar surface area (TPSA) is 123 Å². The maximum atomic E-state index is 11.4. The van der Waals surface area contributed by atoms with Gasteiger partial charge in [0.2, 0.25) is 0 Å². The van der Waals surface area contributed by atoms with Gasteiger partial charge in [0.25, 0.3) is 0 Å². The van der Waals surface area contributed by atoms with Crippen LogP contribution in [0.3, 0.4) is 0 Å². The second-order valence-electron chi connectivity index (χ2n) is 10.3. The van der Waals surface area contributed by atoms with Crippen LogP contribution in [0.15, 0.2) is 24.5 Å². The minimum absolute atomic E-state index is 0.0941. The van der Waals surface area contributed by atoms with Gasteiger partial charge in [-0.1, -0.05) is 0 Å². The van der Waals surface area contributed by atoms with E-state index >= 15 is 0 Å². The van der Waals surface area contributed by atoms with Gasteiger partial charge in [-0.25, -0.2) is 14.8 Å². The summed E-state index contributed by atoms with van der Waals surface area (Å²) < 4.78 is 0. The van der Waals surface area contributed by atoms with Gasteiger partial charge in [-0.05, 0) is 67.9 Å². The number of amides is 1. The van der Waals surface area contributed by atoms with Crippen molar-refractivity contribution < 1.29 is 9.90 Å². The van der Waals surface area contributed by atoms with Crippen LogP contribution in [0.5, 0.6) is 0 Å². The third-order valence-corrected chi connectivity index (χ3v) is 8.54. The highest BCUT2D eigenvalue weighted by atomic mass is 16.4. The van der Waals surface area contributed by atoms with Gasteiger partial charge in [-0.15, -0.1) is 0 Å². The van der Waals surface area contributed by atoms with Gasteiger partial charge in [-0.2, -0.15) is 5.10 Å². The molecular weight excluding hydrogens is 432 g/mol. The van der Waals surface area contributed by atoms with E-state index in [0.29, 0.717) is 17.5 Å². The molecule has 1 saturated heterocycles. The monoisotopic (exact) mass is 460 g/mol. The normalized spacial score (nSPS) is 27.0. The predicted octanol–water partition coefficient (Wildman–Crippen LogP) is 3.09. The molecule has 0 radical (unpaired) electrons. The zero-order chi connectivity index (χ0) is 22.9. The van der Waals surface area contributed by atoms with E-state index in [9.17, 15) is 9.90 Å². The first-order valence-corrected chi connectivity index (χ1v) is 12.3. The van der Waals surface area contributed by atoms with Crippen molar-refractivity contribution in [3.05, 3.63) is 30.2 Å². The Balaban J connectivity index is 1.12. The molecule has 1 spiro atoms. The predicted molar refractivity (Wildman–Crippen MR) is 126 cm³/mol. The largest absolute Gasteiger partial charge is 0.465 e. The van der Waals surface area contributed by atoms with Crippen LogP contribution < -0.4 is 15.1 Å². The van der Waals surface area contributed by atoms with Gasteiger partial charge >= 0.3 is 6.09 Å². The number of anilines is 3. The summed E-state index contributed by atoms with van der Waals surface area (Å²) in [6.45, 7) is 2.61. The first-order valence-electron chi connectivity index (χ1n) is 12.3. The lowest BCUT2D eigenvalue weighted by Crippen LogP contribution is -2.52. The van der Waals surface area contributed by atoms with Crippen molar-refractivity contribution in [1.82, 2.24) is 30.5 Å². The molecule has 10 heteroatoms. The fourth-order valence-electron chi connectivity index (χ4n) is 6.84. The van der Waals surface area contributed by atoms with Crippen LogP contribution in [0.2, 0.25) is 0 Å². The fraction of sp³-hybridized carbons (Fsp3) is 0.542. The summed E-state index contributed by atoms with van der Waals surface area (Å²) in [6, 6.07) is 4.15. The van der Waals surface area contributed by atoms with Gasteiger partial charge in [0.05, 0.1) is 17.6 Å². The van der Waals surface area contributed by atoms with Crippen LogP contribution in [0.25, 0.3) is 11.2 Å². The molecule has 4 aliphatic rings. The van der Waals surface area contributed by atoms with Crippen LogP contribution in [-0.4, -0.2) is 62.0 Å². The standard InChI is InChI=1S/C24H28N8O2/c33-23(34)28-20-15-11-14(15)12-24(20)5-9-31(10-6-24)18-13-26-19-21(27-18)29-30-22(19)32-8-2-3-16-17(32)4-1-7-25-16/h1,4,7,13-15,20,28H,2-3,5-6,8-12H2,(H,33,34)(H,27,29,30)/t14-,15-,20-/m0/s1. The molecule has 7 rings (SSSR count). The molecule has 0 bridgehead atoms. The number of aryl methyl sites for hydroxylation is 1. The molecule has 3 atom stereocenters. The van der Waals surface area contributed by atoms with Crippen LogP contribution in [0.4, 0.5) is 22.1 Å². The number of hydrogen-bond donors (Lipinski definition) is 3. The first kappa shape index (κ1) is 20.0. The lowest BCUT2D eigenvalue weighted by atomic mass is 9.71. The fourth-order valence-corrected chi connectivity index (χ4v) is 6.84. The van der Waals surface area contributed by atoms with Crippen LogP contribution in [0, 0.1) is 17.3 Å². The van der Waals surface area contributed by atoms with E-state index in [2.05, 4.69) is 36.4 Å². The summed E-state index contributed by atoms with van der Waals surface area (Å²) >= 11 is 0. The molecule has 5 heterocycles. The summed E-state index contributed by atoms with van der Waals surface area (Å²) in [6.07, 6.45) is 9.10. The second kappa shape index (κ2) is 7.28. The molecule has 0 aromatic carbocycles. The second-order valence-corrected chi connectivity index (χ2v) is 10.3. The molecule has 10 nitrogen and oxygen atoms in total. The Morgan fingerprint density at radius 1 is 1.24 bits per heavy atom. The van der Waals surface area contributed by atoms with Crippen LogP contribution in [-0.2, 0) is 6.42 Å². The van der Waals surface area contributed by atoms with E-state index in [0.717, 1.165) is 80.3 Å². The summed E-state index contributed by atoms with van der Waals surface area (Å²) in [4.78, 5) is 30.0. The number of carbonyl (C=O) groups is 1. The van der Waals surface area contributed by atoms with E-state index in [1.165, 1.54) is 6.42 Å². The van der Waals surface area contributed by atoms with Gasteiger partial charge in [0.15, 0.2) is 17.0 Å². The number of nitrogens with one attached hydrogen (secondary N) is 2. The van der Waals surface area contributed by atoms with Gasteiger partial charge in [0, 0.05) is 31.9 Å². The quantitative estimate of drug-likeness (QED) is 0.545. The molecule has 3 fully saturated rings. The molecule has 2 aliphatic heterocycles. The molecule has 3 aromatic rings. The number of carboxylic acid groups (broad SMARTS) is 1. The summed E-state index contributed by atoms with van der Waals surface area (Å²) in [7, 11) is 0. The molecule has 2 saturated carbocycles. The summed E-state index contributed by atoms with van der Waals surface area (Å²) in [5.41, 5.74) is 3.74. The Labute approximate surface area is 196 Å². The molecule has 176 valence electrons. The Morgan fingerprint density at radius 2 is 2.12 bits per heavy atom. The molecule has 2 aliphatic carbocycles. The van der Waals surface area contributed by atoms with Crippen LogP contribution >= 0.6 is 0 Å². The zero-order valence-electron chi connectivity index (χ0n) is 18.9. The number of aromatic nitrogens is 5. The number of hydrogen-bond acceptors (Lipinski definition) is 7. The Hall–Kier alpha value is -3.43. The van der Waals surface area contributed by atoms with Crippen molar-refractivity contribution >= 4 is 34.6 Å². The molecule has 3 aromatic heterocycles. The number of nitrogens with zero attached hydrogens (tertiary/aromatic N) is 6. The van der Waals surface area contributed by atoms with E-state index < -0.39 is 6.09 Å². The van der Waals surface area contributed by atoms with Crippen molar-refractivity contribution in [2.24, 2.45) is 17.3 Å². The average molecular weight is 461 g/mol. The van der Waals surface area contributed by atoms with Crippen molar-refractivity contribution in [3.8, 4) is 0 Å². The van der Waals surface area contributed by atoms with Crippen molar-refractivity contribution in [1.29, 1.82) is 0 Å². The third kappa shape index (κ3) is 3.04. The average Bonchev–Trinajstić information content (AvgIpc) is 3.38. The zero-order valence-corrected chi connectivity index (χ0v) is 18.9. The minimum atomic E-state index is -0.891. The lowest BCUT2D eigenvalue weighted by Gasteiger charge is -2.44. The summed E-state index contributed by atoms with van der Waals surface area (Å²) in [5.74, 6) is 2.90. The van der Waals surface area contributed by atoms with Gasteiger partial charge in [-0.3, -0.25) is 10.1 Å². The summed E-state index contributed by atoms with van der Waals surface area (Å²) in [5, 5.41) is 19.9. The number of aromatic amines is 1. The number of rotatable bonds is 3. The highest BCUT2D eigenvalue weighted by Crippen LogP contribution is 2.63. The third-order valence-electron chi connectivity index (χ3n) is 8.54. The maximum Gasteiger partial charge on any atom is 0.404 e. The first-order chi connectivity index (χ1) is 16.6. The molecule has 0 unspecified atom stereocenters. The number of pyridine rings is 1. The lowest BCUT2D eigenvalue weighted by molar-refractivity contribution is 0.132. The van der Waals surface area contributed by atoms with E-state index in [4.69, 9.17) is 9.97 Å². The number of fused-ring (bicyclic) bond motifs is 3.